The molecule has 11 heteroatoms. The predicted octanol–water partition coefficient (Wildman–Crippen LogP) is 3.41. The molecule has 1 amide bonds. The minimum atomic E-state index is -0.600. The summed E-state index contributed by atoms with van der Waals surface area (Å²) >= 11 is 0. The van der Waals surface area contributed by atoms with Crippen LogP contribution in [0.2, 0.25) is 0 Å². The third-order valence-corrected chi connectivity index (χ3v) is 6.28. The Labute approximate surface area is 196 Å². The molecule has 1 aliphatic carbocycles. The van der Waals surface area contributed by atoms with E-state index in [4.69, 9.17) is 9.97 Å². The highest BCUT2D eigenvalue weighted by molar-refractivity contribution is 5.96. The lowest BCUT2D eigenvalue weighted by Crippen LogP contribution is -2.40. The van der Waals surface area contributed by atoms with Crippen LogP contribution in [0.15, 0.2) is 24.4 Å². The van der Waals surface area contributed by atoms with Crippen molar-refractivity contribution in [3.63, 3.8) is 0 Å². The molecule has 1 fully saturated rings. The van der Waals surface area contributed by atoms with E-state index >= 15 is 0 Å². The van der Waals surface area contributed by atoms with E-state index in [0.29, 0.717) is 36.2 Å². The second-order valence-electron chi connectivity index (χ2n) is 8.98. The molecule has 1 saturated heterocycles. The number of amides is 1. The molecule has 1 aliphatic heterocycles. The highest BCUT2D eigenvalue weighted by atomic mass is 19.1. The van der Waals surface area contributed by atoms with Crippen LogP contribution >= 0.6 is 0 Å². The van der Waals surface area contributed by atoms with Crippen LogP contribution in [0.25, 0.3) is 0 Å². The van der Waals surface area contributed by atoms with Crippen molar-refractivity contribution in [1.29, 1.82) is 0 Å². The number of rotatable bonds is 6. The number of aryl methyl sites for hydroxylation is 1. The normalized spacial score (nSPS) is 17.3. The van der Waals surface area contributed by atoms with Gasteiger partial charge in [-0.25, -0.2) is 9.97 Å². The molecule has 3 N–H and O–H groups in total. The van der Waals surface area contributed by atoms with Crippen molar-refractivity contribution >= 4 is 29.2 Å². The van der Waals surface area contributed by atoms with Crippen molar-refractivity contribution in [1.82, 2.24) is 24.9 Å². The summed E-state index contributed by atoms with van der Waals surface area (Å²) < 4.78 is 13.1. The number of pyridine rings is 1. The Morgan fingerprint density at radius 3 is 2.82 bits per heavy atom. The summed E-state index contributed by atoms with van der Waals surface area (Å²) in [6.07, 6.45) is 5.43. The van der Waals surface area contributed by atoms with E-state index in [0.717, 1.165) is 47.5 Å². The number of nitrogens with zero attached hydrogens (tertiary/aromatic N) is 6. The lowest BCUT2D eigenvalue weighted by Gasteiger charge is -2.25. The SMILES string of the molecule is CC(C)c1cc(Nc2nc(N3CCC[C@H]3C(=O)Nc3ccc(F)nc3)nc3c2CCC3)n(O)n1. The lowest BCUT2D eigenvalue weighted by molar-refractivity contribution is -0.117. The van der Waals surface area contributed by atoms with Gasteiger partial charge in [0.1, 0.15) is 11.9 Å². The largest absolute Gasteiger partial charge is 0.410 e. The zero-order valence-electron chi connectivity index (χ0n) is 19.1. The first-order valence-corrected chi connectivity index (χ1v) is 11.5. The van der Waals surface area contributed by atoms with Gasteiger partial charge in [-0.2, -0.15) is 9.37 Å². The molecule has 0 bridgehead atoms. The maximum atomic E-state index is 13.1. The number of carbonyl (C=O) groups excluding carboxylic acids is 1. The fourth-order valence-electron chi connectivity index (χ4n) is 4.48. The minimum absolute atomic E-state index is 0.167. The van der Waals surface area contributed by atoms with Crippen LogP contribution in [0, 0.1) is 5.95 Å². The summed E-state index contributed by atoms with van der Waals surface area (Å²) in [5.41, 5.74) is 3.18. The van der Waals surface area contributed by atoms with Crippen molar-refractivity contribution < 1.29 is 14.4 Å². The molecule has 0 radical (unpaired) electrons. The summed E-state index contributed by atoms with van der Waals surface area (Å²) in [6, 6.07) is 4.04. The van der Waals surface area contributed by atoms with Crippen LogP contribution in [0.4, 0.5) is 27.7 Å². The van der Waals surface area contributed by atoms with E-state index in [1.54, 1.807) is 6.07 Å². The molecule has 0 saturated carbocycles. The maximum Gasteiger partial charge on any atom is 0.247 e. The van der Waals surface area contributed by atoms with E-state index in [2.05, 4.69) is 20.7 Å². The zero-order valence-corrected chi connectivity index (χ0v) is 19.1. The molecule has 0 spiro atoms. The molecule has 1 atom stereocenters. The van der Waals surface area contributed by atoms with Gasteiger partial charge < -0.3 is 20.7 Å². The van der Waals surface area contributed by atoms with Gasteiger partial charge in [-0.3, -0.25) is 4.79 Å². The van der Waals surface area contributed by atoms with E-state index in [9.17, 15) is 14.4 Å². The fraction of sp³-hybridized carbons (Fsp3) is 0.435. The average Bonchev–Trinajstić information content (AvgIpc) is 3.55. The van der Waals surface area contributed by atoms with E-state index < -0.39 is 12.0 Å². The van der Waals surface area contributed by atoms with Gasteiger partial charge in [-0.05, 0) is 50.2 Å². The number of halogens is 1. The van der Waals surface area contributed by atoms with Crippen LogP contribution < -0.4 is 15.5 Å². The van der Waals surface area contributed by atoms with Gasteiger partial charge in [0.25, 0.3) is 0 Å². The number of aromatic nitrogens is 5. The number of anilines is 4. The van der Waals surface area contributed by atoms with E-state index in [1.165, 1.54) is 18.3 Å². The Morgan fingerprint density at radius 2 is 2.09 bits per heavy atom. The van der Waals surface area contributed by atoms with Gasteiger partial charge in [0.15, 0.2) is 5.82 Å². The number of nitrogens with one attached hydrogen (secondary N) is 2. The Balaban J connectivity index is 1.42. The highest BCUT2D eigenvalue weighted by Gasteiger charge is 2.34. The Kier molecular flexibility index (Phi) is 5.76. The van der Waals surface area contributed by atoms with Crippen molar-refractivity contribution in [2.75, 3.05) is 22.1 Å². The van der Waals surface area contributed by atoms with Crippen LogP contribution in [0.5, 0.6) is 0 Å². The molecule has 34 heavy (non-hydrogen) atoms. The van der Waals surface area contributed by atoms with Gasteiger partial charge in [0, 0.05) is 18.2 Å². The molecule has 5 rings (SSSR count). The molecule has 0 unspecified atom stereocenters. The van der Waals surface area contributed by atoms with Crippen molar-refractivity contribution in [3.05, 3.63) is 47.3 Å². The Morgan fingerprint density at radius 1 is 1.24 bits per heavy atom. The second kappa shape index (κ2) is 8.88. The molecular weight excluding hydrogens is 439 g/mol. The summed E-state index contributed by atoms with van der Waals surface area (Å²) in [5.74, 6) is 0.891. The van der Waals surface area contributed by atoms with Crippen molar-refractivity contribution in [2.45, 2.75) is 57.9 Å². The Hall–Kier alpha value is -3.76. The van der Waals surface area contributed by atoms with Gasteiger partial charge in [0.05, 0.1) is 23.3 Å². The summed E-state index contributed by atoms with van der Waals surface area (Å²) in [5, 5.41) is 20.4. The summed E-state index contributed by atoms with van der Waals surface area (Å²) in [4.78, 5) is 28.9. The standard InChI is InChI=1S/C23H27FN8O2/c1-13(2)17-11-20(32(34)30-17)28-21-15-5-3-6-16(15)27-23(29-21)31-10-4-7-18(31)22(33)26-14-8-9-19(24)25-12-14/h8-9,11-13,18,34H,3-7,10H2,1-2H3,(H,26,33)(H,27,28,29)/t18-/m0/s1. The molecule has 178 valence electrons. The number of carbonyl (C=O) groups is 1. The fourth-order valence-corrected chi connectivity index (χ4v) is 4.48. The minimum Gasteiger partial charge on any atom is -0.410 e. The van der Waals surface area contributed by atoms with Crippen LogP contribution in [0.3, 0.4) is 0 Å². The first-order chi connectivity index (χ1) is 16.4. The molecular formula is C23H27FN8O2. The molecule has 4 heterocycles. The monoisotopic (exact) mass is 466 g/mol. The van der Waals surface area contributed by atoms with Gasteiger partial charge in [-0.15, -0.1) is 5.10 Å². The lowest BCUT2D eigenvalue weighted by atomic mass is 10.1. The first-order valence-electron chi connectivity index (χ1n) is 11.5. The molecule has 0 aromatic carbocycles. The number of hydrogen-bond donors (Lipinski definition) is 3. The molecule has 10 nitrogen and oxygen atoms in total. The van der Waals surface area contributed by atoms with E-state index in [1.807, 2.05) is 18.7 Å². The summed E-state index contributed by atoms with van der Waals surface area (Å²) in [7, 11) is 0. The topological polar surface area (TPSA) is 121 Å². The maximum absolute atomic E-state index is 13.1. The van der Waals surface area contributed by atoms with Crippen molar-refractivity contribution in [2.24, 2.45) is 0 Å². The predicted molar refractivity (Wildman–Crippen MR) is 124 cm³/mol. The third kappa shape index (κ3) is 4.25. The number of hydrogen-bond acceptors (Lipinski definition) is 8. The molecule has 2 aliphatic rings. The van der Waals surface area contributed by atoms with Gasteiger partial charge in [0.2, 0.25) is 17.8 Å². The van der Waals surface area contributed by atoms with Crippen molar-refractivity contribution in [3.8, 4) is 0 Å². The molecule has 3 aromatic heterocycles. The van der Waals surface area contributed by atoms with Gasteiger partial charge >= 0.3 is 0 Å². The quantitative estimate of drug-likeness (QED) is 0.373. The zero-order chi connectivity index (χ0) is 23.8. The van der Waals surface area contributed by atoms with E-state index in [-0.39, 0.29) is 11.8 Å². The average molecular weight is 467 g/mol. The van der Waals surface area contributed by atoms with Crippen LogP contribution in [0.1, 0.15) is 56.0 Å². The number of fused-ring (bicyclic) bond motifs is 1. The van der Waals surface area contributed by atoms with Crippen LogP contribution in [-0.4, -0.2) is 48.6 Å². The smallest absolute Gasteiger partial charge is 0.247 e. The summed E-state index contributed by atoms with van der Waals surface area (Å²) in [6.45, 7) is 4.66. The highest BCUT2D eigenvalue weighted by Crippen LogP contribution is 2.33. The van der Waals surface area contributed by atoms with Crippen LogP contribution in [-0.2, 0) is 17.6 Å². The molecule has 3 aromatic rings. The third-order valence-electron chi connectivity index (χ3n) is 6.28. The second-order valence-corrected chi connectivity index (χ2v) is 8.98. The first kappa shape index (κ1) is 22.1. The Bertz CT molecular complexity index is 1210. The van der Waals surface area contributed by atoms with Gasteiger partial charge in [-0.1, -0.05) is 18.7 Å².